The van der Waals surface area contributed by atoms with Gasteiger partial charge in [-0.1, -0.05) is 5.10 Å². The quantitative estimate of drug-likeness (QED) is 0.546. The number of nitro groups is 1. The van der Waals surface area contributed by atoms with E-state index in [-0.39, 0.29) is 12.4 Å². The lowest BCUT2D eigenvalue weighted by Gasteiger charge is -2.13. The summed E-state index contributed by atoms with van der Waals surface area (Å²) in [5, 5.41) is 16.7. The number of hydroxylamine groups is 2. The van der Waals surface area contributed by atoms with E-state index >= 15 is 0 Å². The number of H-pyrrole nitrogens is 1. The predicted octanol–water partition coefficient (Wildman–Crippen LogP) is -0.264. The van der Waals surface area contributed by atoms with E-state index in [0.717, 1.165) is 5.06 Å². The Morgan fingerprint density at radius 1 is 1.73 bits per heavy atom. The van der Waals surface area contributed by atoms with Crippen LogP contribution in [0.25, 0.3) is 0 Å². The highest BCUT2D eigenvalue weighted by Gasteiger charge is 2.25. The first-order valence-corrected chi connectivity index (χ1v) is 4.03. The number of nitrogens with one attached hydrogen (secondary N) is 1. The van der Waals surface area contributed by atoms with Crippen LogP contribution < -0.4 is 0 Å². The molecule has 9 heteroatoms. The number of nitrogens with zero attached hydrogens (tertiary/aromatic N) is 4. The average Bonchev–Trinajstić information content (AvgIpc) is 2.68. The first-order valence-electron chi connectivity index (χ1n) is 4.03. The molecule has 0 saturated heterocycles. The summed E-state index contributed by atoms with van der Waals surface area (Å²) >= 11 is 0. The van der Waals surface area contributed by atoms with E-state index in [9.17, 15) is 14.9 Å². The molecule has 15 heavy (non-hydrogen) atoms. The minimum atomic E-state index is -0.771. The van der Waals surface area contributed by atoms with Gasteiger partial charge in [0, 0.05) is 6.54 Å². The van der Waals surface area contributed by atoms with Gasteiger partial charge in [0.1, 0.15) is 0 Å². The van der Waals surface area contributed by atoms with Crippen LogP contribution in [0.1, 0.15) is 17.5 Å². The first kappa shape index (κ1) is 11.0. The molecule has 0 aliphatic rings. The van der Waals surface area contributed by atoms with Gasteiger partial charge in [-0.05, 0) is 16.8 Å². The highest BCUT2D eigenvalue weighted by Crippen LogP contribution is 2.04. The zero-order valence-electron chi connectivity index (χ0n) is 8.13. The summed E-state index contributed by atoms with van der Waals surface area (Å²) in [5.74, 6) is -1.51. The van der Waals surface area contributed by atoms with Gasteiger partial charge in [-0.25, -0.2) is 5.06 Å². The molecule has 82 valence electrons. The molecule has 1 amide bonds. The van der Waals surface area contributed by atoms with Crippen molar-refractivity contribution in [1.29, 1.82) is 0 Å². The van der Waals surface area contributed by atoms with Gasteiger partial charge in [-0.3, -0.25) is 9.63 Å². The van der Waals surface area contributed by atoms with Crippen LogP contribution in [0.15, 0.2) is 0 Å². The fourth-order valence-corrected chi connectivity index (χ4v) is 0.898. The SMILES string of the molecule is CCN(OC)C(=O)c1n[nH]c([N+](=O)[O-])n1. The Bertz CT molecular complexity index is 371. The third-order valence-corrected chi connectivity index (χ3v) is 1.57. The molecule has 1 aromatic heterocycles. The molecule has 9 nitrogen and oxygen atoms in total. The number of aromatic nitrogens is 3. The standard InChI is InChI=1S/C6H9N5O4/c1-3-10(15-2)5(12)4-7-6(9-8-4)11(13)14/h3H2,1-2H3,(H,7,8,9). The van der Waals surface area contributed by atoms with Crippen LogP contribution in [0.3, 0.4) is 0 Å². The number of hydrogen-bond acceptors (Lipinski definition) is 6. The number of amides is 1. The van der Waals surface area contributed by atoms with E-state index in [0.29, 0.717) is 0 Å². The van der Waals surface area contributed by atoms with Crippen LogP contribution in [0, 0.1) is 10.1 Å². The van der Waals surface area contributed by atoms with Gasteiger partial charge in [0.05, 0.1) is 7.11 Å². The number of carbonyl (C=O) groups excluding carboxylic acids is 1. The van der Waals surface area contributed by atoms with E-state index in [1.807, 2.05) is 5.10 Å². The lowest BCUT2D eigenvalue weighted by molar-refractivity contribution is -0.394. The maximum atomic E-state index is 11.5. The third-order valence-electron chi connectivity index (χ3n) is 1.57. The van der Waals surface area contributed by atoms with Gasteiger partial charge in [-0.15, -0.1) is 5.10 Å². The normalized spacial score (nSPS) is 10.0. The molecular weight excluding hydrogens is 206 g/mol. The maximum Gasteiger partial charge on any atom is 0.454 e. The van der Waals surface area contributed by atoms with Crippen molar-refractivity contribution < 1.29 is 14.6 Å². The molecule has 0 atom stereocenters. The van der Waals surface area contributed by atoms with Crippen LogP contribution in [-0.4, -0.2) is 44.7 Å². The summed E-state index contributed by atoms with van der Waals surface area (Å²) in [6.07, 6.45) is 0. The Balaban J connectivity index is 2.86. The largest absolute Gasteiger partial charge is 0.454 e. The number of aromatic amines is 1. The molecule has 1 N–H and O–H groups in total. The Morgan fingerprint density at radius 2 is 2.40 bits per heavy atom. The minimum absolute atomic E-state index is 0.289. The molecule has 0 saturated carbocycles. The van der Waals surface area contributed by atoms with Gasteiger partial charge >= 0.3 is 17.7 Å². The topological polar surface area (TPSA) is 114 Å². The van der Waals surface area contributed by atoms with Crippen molar-refractivity contribution in [2.24, 2.45) is 0 Å². The van der Waals surface area contributed by atoms with Gasteiger partial charge in [0.15, 0.2) is 0 Å². The molecule has 0 aromatic carbocycles. The van der Waals surface area contributed by atoms with E-state index in [1.165, 1.54) is 7.11 Å². The van der Waals surface area contributed by atoms with Crippen molar-refractivity contribution in [1.82, 2.24) is 20.2 Å². The second-order valence-corrected chi connectivity index (χ2v) is 2.42. The highest BCUT2D eigenvalue weighted by molar-refractivity contribution is 5.89. The molecule has 1 rings (SSSR count). The number of hydrogen-bond donors (Lipinski definition) is 1. The molecule has 0 unspecified atom stereocenters. The van der Waals surface area contributed by atoms with Crippen LogP contribution in [-0.2, 0) is 4.84 Å². The Hall–Kier alpha value is -2.03. The smallest absolute Gasteiger partial charge is 0.390 e. The highest BCUT2D eigenvalue weighted by atomic mass is 16.7. The molecule has 1 heterocycles. The zero-order valence-corrected chi connectivity index (χ0v) is 8.13. The average molecular weight is 215 g/mol. The number of rotatable bonds is 4. The monoisotopic (exact) mass is 215 g/mol. The van der Waals surface area contributed by atoms with Crippen molar-refractivity contribution in [3.8, 4) is 0 Å². The Kier molecular flexibility index (Phi) is 3.29. The summed E-state index contributed by atoms with van der Waals surface area (Å²) in [5.41, 5.74) is 0. The van der Waals surface area contributed by atoms with E-state index < -0.39 is 16.8 Å². The number of carbonyl (C=O) groups is 1. The lowest BCUT2D eigenvalue weighted by atomic mass is 10.5. The van der Waals surface area contributed by atoms with Crippen LogP contribution in [0.5, 0.6) is 0 Å². The lowest BCUT2D eigenvalue weighted by Crippen LogP contribution is -2.30. The molecule has 0 fully saturated rings. The third kappa shape index (κ3) is 2.26. The van der Waals surface area contributed by atoms with Crippen molar-refractivity contribution in [2.45, 2.75) is 6.92 Å². The molecular formula is C6H9N5O4. The predicted molar refractivity (Wildman–Crippen MR) is 46.8 cm³/mol. The molecule has 0 aliphatic heterocycles. The maximum absolute atomic E-state index is 11.5. The summed E-state index contributed by atoms with van der Waals surface area (Å²) in [7, 11) is 1.31. The second kappa shape index (κ2) is 4.46. The fourth-order valence-electron chi connectivity index (χ4n) is 0.898. The summed E-state index contributed by atoms with van der Waals surface area (Å²) in [6, 6.07) is 0. The molecule has 0 bridgehead atoms. The zero-order chi connectivity index (χ0) is 11.4. The van der Waals surface area contributed by atoms with E-state index in [1.54, 1.807) is 6.92 Å². The van der Waals surface area contributed by atoms with Crippen molar-refractivity contribution >= 4 is 11.9 Å². The molecule has 0 radical (unpaired) electrons. The summed E-state index contributed by atoms with van der Waals surface area (Å²) in [6.45, 7) is 1.97. The van der Waals surface area contributed by atoms with Gasteiger partial charge < -0.3 is 10.1 Å². The van der Waals surface area contributed by atoms with E-state index in [4.69, 9.17) is 4.84 Å². The molecule has 0 aliphatic carbocycles. The van der Waals surface area contributed by atoms with E-state index in [2.05, 4.69) is 10.1 Å². The summed E-state index contributed by atoms with van der Waals surface area (Å²) in [4.78, 5) is 29.1. The molecule has 0 spiro atoms. The van der Waals surface area contributed by atoms with Crippen LogP contribution >= 0.6 is 0 Å². The Labute approximate surface area is 84.1 Å². The van der Waals surface area contributed by atoms with Crippen molar-refractivity contribution in [3.63, 3.8) is 0 Å². The minimum Gasteiger partial charge on any atom is -0.390 e. The summed E-state index contributed by atoms with van der Waals surface area (Å²) < 4.78 is 0. The van der Waals surface area contributed by atoms with Crippen molar-refractivity contribution in [2.75, 3.05) is 13.7 Å². The second-order valence-electron chi connectivity index (χ2n) is 2.42. The van der Waals surface area contributed by atoms with Crippen LogP contribution in [0.4, 0.5) is 5.95 Å². The fraction of sp³-hybridized carbons (Fsp3) is 0.500. The first-order chi connectivity index (χ1) is 7.10. The Morgan fingerprint density at radius 3 is 2.80 bits per heavy atom. The van der Waals surface area contributed by atoms with Gasteiger partial charge in [-0.2, -0.15) is 0 Å². The van der Waals surface area contributed by atoms with Crippen LogP contribution in [0.2, 0.25) is 0 Å². The van der Waals surface area contributed by atoms with Crippen molar-refractivity contribution in [3.05, 3.63) is 15.9 Å². The van der Waals surface area contributed by atoms with Gasteiger partial charge in [0.2, 0.25) is 0 Å². The van der Waals surface area contributed by atoms with Gasteiger partial charge in [0.25, 0.3) is 0 Å². The molecule has 1 aromatic rings.